The van der Waals surface area contributed by atoms with Crippen LogP contribution in [0.2, 0.25) is 8.87 Å². The van der Waals surface area contributed by atoms with Crippen molar-refractivity contribution in [3.05, 3.63) is 0 Å². The summed E-state index contributed by atoms with van der Waals surface area (Å²) < 4.78 is 3.25. The third kappa shape index (κ3) is 56.5. The van der Waals surface area contributed by atoms with Crippen molar-refractivity contribution < 1.29 is 39.3 Å². The van der Waals surface area contributed by atoms with Gasteiger partial charge in [0.05, 0.1) is 0 Å². The number of carboxylic acid groups (broad SMARTS) is 2. The van der Waals surface area contributed by atoms with E-state index in [0.717, 1.165) is 25.7 Å². The molecular formula is C32H64O4RuSn+3. The molecule has 4 nitrogen and oxygen atoms in total. The number of aliphatic carboxylic acids is 2. The van der Waals surface area contributed by atoms with Crippen molar-refractivity contribution >= 4 is 33.1 Å². The SMILES string of the molecule is CCCCCCCCCCCC(=O)[O-].CCCCCCCCCCCC(=O)[O-].CCC[CH2][Sn+2][CH2]CCC.[Ru+3]. The standard InChI is InChI=1S/2C12H24O2.2C4H9.Ru.Sn/c2*1-2-3-4-5-6-7-8-9-10-11-12(13)14;2*1-3-4-2;;/h2*2-11H2,1H3,(H,13,14);2*1,3-4H2,2H3;;/q;;;;+3;+2/p-2. The molecule has 0 heterocycles. The zero-order valence-corrected chi connectivity index (χ0v) is 30.5. The van der Waals surface area contributed by atoms with Crippen molar-refractivity contribution in [1.82, 2.24) is 0 Å². The van der Waals surface area contributed by atoms with Crippen molar-refractivity contribution in [2.24, 2.45) is 0 Å². The van der Waals surface area contributed by atoms with Gasteiger partial charge in [0.15, 0.2) is 0 Å². The number of rotatable bonds is 26. The zero-order chi connectivity index (χ0) is 28.2. The van der Waals surface area contributed by atoms with Gasteiger partial charge in [-0.2, -0.15) is 0 Å². The first-order chi connectivity index (χ1) is 18.0. The molecule has 0 bridgehead atoms. The molecule has 38 heavy (non-hydrogen) atoms. The number of hydrogen-bond donors (Lipinski definition) is 0. The second-order valence-corrected chi connectivity index (χ2v) is 14.6. The summed E-state index contributed by atoms with van der Waals surface area (Å²) in [5, 5.41) is 20.2. The van der Waals surface area contributed by atoms with Gasteiger partial charge in [-0.05, 0) is 25.7 Å². The smallest absolute Gasteiger partial charge is 3.00 e. The number of carbonyl (C=O) groups excluding carboxylic acids is 2. The Morgan fingerprint density at radius 2 is 0.658 bits per heavy atom. The summed E-state index contributed by atoms with van der Waals surface area (Å²) >= 11 is 0.149. The molecule has 0 saturated carbocycles. The zero-order valence-electron chi connectivity index (χ0n) is 25.9. The van der Waals surface area contributed by atoms with Crippen LogP contribution in [-0.2, 0) is 29.1 Å². The van der Waals surface area contributed by atoms with Crippen LogP contribution in [0.3, 0.4) is 0 Å². The van der Waals surface area contributed by atoms with Crippen LogP contribution in [0.1, 0.15) is 182 Å². The predicted molar refractivity (Wildman–Crippen MR) is 159 cm³/mol. The Balaban J connectivity index is -0.000000231. The number of unbranched alkanes of at least 4 members (excludes halogenated alkanes) is 18. The van der Waals surface area contributed by atoms with Crippen LogP contribution >= 0.6 is 0 Å². The summed E-state index contributed by atoms with van der Waals surface area (Å²) in [6.07, 6.45) is 28.2. The minimum atomic E-state index is -0.909. The summed E-state index contributed by atoms with van der Waals surface area (Å²) in [5.74, 6) is -1.82. The van der Waals surface area contributed by atoms with Gasteiger partial charge >= 0.3 is 89.0 Å². The molecule has 0 fully saturated rings. The molecule has 1 radical (unpaired) electrons. The second kappa shape index (κ2) is 44.4. The number of carbonyl (C=O) groups is 2. The van der Waals surface area contributed by atoms with Crippen molar-refractivity contribution in [1.29, 1.82) is 0 Å². The van der Waals surface area contributed by atoms with Crippen LogP contribution in [0.5, 0.6) is 0 Å². The fourth-order valence-corrected chi connectivity index (χ4v) is 8.05. The van der Waals surface area contributed by atoms with Crippen molar-refractivity contribution in [3.63, 3.8) is 0 Å². The topological polar surface area (TPSA) is 80.3 Å². The molecule has 0 aliphatic carbocycles. The molecule has 0 unspecified atom stereocenters. The van der Waals surface area contributed by atoms with Crippen LogP contribution in [0, 0.1) is 0 Å². The van der Waals surface area contributed by atoms with E-state index in [2.05, 4.69) is 27.7 Å². The normalized spacial score (nSPS) is 9.79. The third-order valence-corrected chi connectivity index (χ3v) is 10.4. The van der Waals surface area contributed by atoms with E-state index in [0.29, 0.717) is 0 Å². The Labute approximate surface area is 261 Å². The van der Waals surface area contributed by atoms with Gasteiger partial charge < -0.3 is 19.8 Å². The third-order valence-electron chi connectivity index (χ3n) is 6.38. The first kappa shape index (κ1) is 45.4. The maximum Gasteiger partial charge on any atom is 3.00 e. The number of carboxylic acids is 2. The summed E-state index contributed by atoms with van der Waals surface area (Å²) in [5.41, 5.74) is 0. The molecule has 0 aromatic carbocycles. The molecule has 0 N–H and O–H groups in total. The minimum Gasteiger partial charge on any atom is 3.00 e. The molecule has 0 atom stereocenters. The van der Waals surface area contributed by atoms with Crippen LogP contribution < -0.4 is 10.2 Å². The Bertz CT molecular complexity index is 398. The molecule has 0 aromatic rings. The Morgan fingerprint density at radius 1 is 0.421 bits per heavy atom. The van der Waals surface area contributed by atoms with E-state index in [1.165, 1.54) is 116 Å². The maximum absolute atomic E-state index is 10.1. The van der Waals surface area contributed by atoms with Gasteiger partial charge in [0.1, 0.15) is 0 Å². The van der Waals surface area contributed by atoms with Gasteiger partial charge in [-0.1, -0.05) is 117 Å². The molecule has 0 aromatic heterocycles. The Kier molecular flexibility index (Phi) is 53.0. The predicted octanol–water partition coefficient (Wildman–Crippen LogP) is 8.44. The van der Waals surface area contributed by atoms with Gasteiger partial charge in [-0.25, -0.2) is 0 Å². The quantitative estimate of drug-likeness (QED) is 0.0661. The molecule has 0 spiro atoms. The van der Waals surface area contributed by atoms with E-state index in [9.17, 15) is 19.8 Å². The van der Waals surface area contributed by atoms with Crippen molar-refractivity contribution in [2.45, 2.75) is 191 Å². The molecule has 6 heteroatoms. The van der Waals surface area contributed by atoms with Gasteiger partial charge in [0.25, 0.3) is 0 Å². The van der Waals surface area contributed by atoms with Crippen LogP contribution in [0.25, 0.3) is 0 Å². The van der Waals surface area contributed by atoms with E-state index in [4.69, 9.17) is 0 Å². The molecular weight excluding hydrogens is 668 g/mol. The molecule has 0 aliphatic heterocycles. The molecule has 0 amide bonds. The minimum absolute atomic E-state index is 0. The van der Waals surface area contributed by atoms with Gasteiger partial charge in [-0.3, -0.25) is 0 Å². The first-order valence-electron chi connectivity index (χ1n) is 16.1. The average Bonchev–Trinajstić information content (AvgIpc) is 2.87. The molecule has 0 rings (SSSR count). The van der Waals surface area contributed by atoms with Gasteiger partial charge in [0.2, 0.25) is 0 Å². The van der Waals surface area contributed by atoms with E-state index in [1.807, 2.05) is 0 Å². The first-order valence-corrected chi connectivity index (χ1v) is 20.1. The van der Waals surface area contributed by atoms with Crippen molar-refractivity contribution in [2.75, 3.05) is 0 Å². The largest absolute Gasteiger partial charge is 3.00 e. The van der Waals surface area contributed by atoms with E-state index < -0.39 is 11.9 Å². The van der Waals surface area contributed by atoms with Crippen LogP contribution in [-0.4, -0.2) is 33.1 Å². The fourth-order valence-electron chi connectivity index (χ4n) is 3.89. The van der Waals surface area contributed by atoms with E-state index >= 15 is 0 Å². The monoisotopic (exact) mass is 734 g/mol. The van der Waals surface area contributed by atoms with Crippen molar-refractivity contribution in [3.8, 4) is 0 Å². The van der Waals surface area contributed by atoms with E-state index in [-0.39, 0.29) is 53.5 Å². The molecule has 0 aliphatic rings. The average molecular weight is 733 g/mol. The summed E-state index contributed by atoms with van der Waals surface area (Å²) in [6, 6.07) is 0. The Morgan fingerprint density at radius 3 is 0.895 bits per heavy atom. The fraction of sp³-hybridized carbons (Fsp3) is 0.938. The van der Waals surface area contributed by atoms with Crippen LogP contribution in [0.15, 0.2) is 0 Å². The van der Waals surface area contributed by atoms with Crippen LogP contribution in [0.4, 0.5) is 0 Å². The van der Waals surface area contributed by atoms with Gasteiger partial charge in [-0.15, -0.1) is 0 Å². The van der Waals surface area contributed by atoms with E-state index in [1.54, 1.807) is 8.87 Å². The molecule has 0 saturated heterocycles. The second-order valence-electron chi connectivity index (χ2n) is 10.4. The Hall–Kier alpha value is 0.362. The number of hydrogen-bond acceptors (Lipinski definition) is 4. The summed E-state index contributed by atoms with van der Waals surface area (Å²) in [6.45, 7) is 9.03. The van der Waals surface area contributed by atoms with Gasteiger partial charge in [0, 0.05) is 11.9 Å². The maximum atomic E-state index is 10.1. The summed E-state index contributed by atoms with van der Waals surface area (Å²) in [7, 11) is 0. The molecule has 225 valence electrons. The summed E-state index contributed by atoms with van der Waals surface area (Å²) in [4.78, 5) is 20.2.